The van der Waals surface area contributed by atoms with Crippen LogP contribution in [0.3, 0.4) is 0 Å². The average molecular weight is 2010 g/mol. The minimum Gasteiger partial charge on any atom is -0.380 e. The van der Waals surface area contributed by atoms with Crippen LogP contribution in [0.1, 0.15) is 144 Å². The zero-order valence-electron chi connectivity index (χ0n) is 75.7. The van der Waals surface area contributed by atoms with Crippen LogP contribution in [0.25, 0.3) is 0 Å². The van der Waals surface area contributed by atoms with Gasteiger partial charge in [-0.3, -0.25) is 28.3 Å². The zero-order chi connectivity index (χ0) is 97.7. The van der Waals surface area contributed by atoms with Gasteiger partial charge >= 0.3 is 24.3 Å². The second kappa shape index (κ2) is 41.1. The molecule has 0 aliphatic carbocycles. The Balaban J connectivity index is 1.53. The van der Waals surface area contributed by atoms with Crippen molar-refractivity contribution < 1.29 is 108 Å². The number of hydrogen-bond acceptors (Lipinski definition) is 25. The third-order valence-corrected chi connectivity index (χ3v) is 35.7. The van der Waals surface area contributed by atoms with Crippen LogP contribution in [0.2, 0.25) is 0 Å². The van der Waals surface area contributed by atoms with E-state index in [-0.39, 0.29) is 56.2 Å². The molecule has 25 nitrogen and oxygen atoms in total. The molecule has 6 aromatic rings. The molecular formula is C84H123F9N9O16PS9. The number of sulfonamides is 3. The monoisotopic (exact) mass is 2000 g/mol. The normalized spacial score (nSPS) is 15.1. The van der Waals surface area contributed by atoms with E-state index in [1.54, 1.807) is 112 Å². The molecule has 44 heteroatoms. The molecule has 0 aliphatic heterocycles. The number of alkyl halides is 9. The van der Waals surface area contributed by atoms with Crippen molar-refractivity contribution in [1.82, 2.24) is 14.7 Å². The van der Waals surface area contributed by atoms with Crippen LogP contribution in [-0.2, 0) is 77.7 Å². The standard InChI is InChI=1S/C84H123F9N9O16PS9/c1-73(2,3)79(74(4,5)6,52-58(55-120-61-31-25-22-26-32-61)97-67-40-37-64(126(94,110)111)49-70(67)123(104,105)82(85,86)87)100(19)43-46-116-119(103,117-47-44-101(20)80(75(7,8)9,76(10,11)12)53-59(56-121-62-33-27-23-28-34-62)98-68-41-38-65(127(95,112)113)50-71(68)124(106,107)83(88,89)90)118-48-45-102(21)81(77(13,14)15,78(16,17)18)54-60(57-122-63-35-29-24-30-36-63)99-69-42-39-66(128(96,114)115)51-72(69)125(108,109)84(91,92)93/h22-42,49-51,58-60,97-99H,43-48,52-57H2,1-21H3,(H2,94,110,111)(H2,95,112,113)(H2,96,114,115)/t58-,59-,60-/m1/s1. The second-order valence-electron chi connectivity index (χ2n) is 37.8. The highest BCUT2D eigenvalue weighted by Gasteiger charge is 2.59. The molecule has 9 N–H and O–H groups in total. The summed E-state index contributed by atoms with van der Waals surface area (Å²) >= 11 is 3.85. The van der Waals surface area contributed by atoms with Crippen molar-refractivity contribution >= 4 is 120 Å². The van der Waals surface area contributed by atoms with Crippen molar-refractivity contribution in [3.8, 4) is 0 Å². The van der Waals surface area contributed by atoms with Crippen molar-refractivity contribution in [2.45, 2.75) is 239 Å². The molecule has 3 atom stereocenters. The van der Waals surface area contributed by atoms with Gasteiger partial charge in [-0.2, -0.15) is 39.5 Å². The second-order valence-corrected chi connectivity index (χ2v) is 53.1. The summed E-state index contributed by atoms with van der Waals surface area (Å²) < 4.78 is 326. The van der Waals surface area contributed by atoms with Crippen molar-refractivity contribution in [2.24, 2.45) is 47.9 Å². The molecule has 0 aromatic heterocycles. The van der Waals surface area contributed by atoms with E-state index in [1.807, 2.05) is 139 Å². The van der Waals surface area contributed by atoms with Crippen LogP contribution in [0.5, 0.6) is 0 Å². The van der Waals surface area contributed by atoms with Gasteiger partial charge in [0.1, 0.15) is 14.7 Å². The molecule has 722 valence electrons. The largest absolute Gasteiger partial charge is 0.501 e. The fourth-order valence-electron chi connectivity index (χ4n) is 18.4. The van der Waals surface area contributed by atoms with Crippen LogP contribution >= 0.6 is 43.1 Å². The SMILES string of the molecule is CN(CCOP(=O)(OCCN(C)C(C[C@H](CSc1ccccc1)Nc1ccc(S(N)(=O)=O)cc1S(=O)(=O)C(F)(F)F)(C(C)(C)C)C(C)(C)C)OCCN(C)C(C[C@H](CSc1ccccc1)Nc1ccc(S(N)(=O)=O)cc1S(=O)(=O)C(F)(F)F)(C(C)(C)C)C(C)(C)C)C(C[C@H](CSc1ccccc1)Nc1ccc(S(N)(=O)=O)cc1S(=O)(=O)C(F)(F)F)(C(C)(C)C)C(C)(C)C. The van der Waals surface area contributed by atoms with Crippen LogP contribution in [0.15, 0.2) is 190 Å². The Morgan fingerprint density at radius 2 is 0.531 bits per heavy atom. The number of phosphoric ester groups is 1. The molecule has 0 unspecified atom stereocenters. The van der Waals surface area contributed by atoms with Crippen molar-refractivity contribution in [2.75, 3.05) is 93.8 Å². The number of primary sulfonamides is 3. The Hall–Kier alpha value is -5.29. The lowest BCUT2D eigenvalue weighted by atomic mass is 9.56. The maximum Gasteiger partial charge on any atom is 0.501 e. The molecule has 0 saturated carbocycles. The summed E-state index contributed by atoms with van der Waals surface area (Å²) in [4.78, 5) is 0.884. The van der Waals surface area contributed by atoms with Gasteiger partial charge in [-0.1, -0.05) is 179 Å². The number of rotatable bonds is 42. The Kier molecular flexibility index (Phi) is 35.8. The molecule has 0 saturated heterocycles. The van der Waals surface area contributed by atoms with Crippen LogP contribution in [-0.4, -0.2) is 194 Å². The predicted molar refractivity (Wildman–Crippen MR) is 489 cm³/mol. The Morgan fingerprint density at radius 1 is 0.336 bits per heavy atom. The summed E-state index contributed by atoms with van der Waals surface area (Å²) in [5, 5.41) is 25.4. The molecule has 0 bridgehead atoms. The summed E-state index contributed by atoms with van der Waals surface area (Å²) in [5.74, 6) is 0.139. The van der Waals surface area contributed by atoms with E-state index in [1.165, 1.54) is 35.3 Å². The smallest absolute Gasteiger partial charge is 0.380 e. The van der Waals surface area contributed by atoms with Gasteiger partial charge in [0.15, 0.2) is 0 Å². The van der Waals surface area contributed by atoms with Crippen LogP contribution in [0.4, 0.5) is 56.6 Å². The minimum atomic E-state index is -6.30. The molecule has 0 fully saturated rings. The maximum atomic E-state index is 16.4. The van der Waals surface area contributed by atoms with Gasteiger partial charge < -0.3 is 16.0 Å². The number of nitrogens with one attached hydrogen (secondary N) is 3. The van der Waals surface area contributed by atoms with Crippen LogP contribution < -0.4 is 31.4 Å². The Labute approximate surface area is 763 Å². The zero-order valence-corrected chi connectivity index (χ0v) is 83.9. The van der Waals surface area contributed by atoms with Crippen molar-refractivity contribution in [3.63, 3.8) is 0 Å². The molecular weight excluding hydrogens is 1880 g/mol. The summed E-state index contributed by atoms with van der Waals surface area (Å²) in [7, 11) is -33.0. The quantitative estimate of drug-likeness (QED) is 0.0118. The summed E-state index contributed by atoms with van der Waals surface area (Å²) in [5.41, 5.74) is -28.4. The topological polar surface area (TPSA) is 373 Å². The third kappa shape index (κ3) is 26.5. The lowest BCUT2D eigenvalue weighted by Crippen LogP contribution is -2.65. The first kappa shape index (κ1) is 111. The van der Waals surface area contributed by atoms with E-state index in [9.17, 15) is 90.0 Å². The predicted octanol–water partition coefficient (Wildman–Crippen LogP) is 18.2. The Morgan fingerprint density at radius 3 is 0.703 bits per heavy atom. The van der Waals surface area contributed by atoms with Crippen molar-refractivity contribution in [3.05, 3.63) is 146 Å². The fourth-order valence-corrected chi connectivity index (χ4v) is 27.1. The third-order valence-electron chi connectivity index (χ3n) is 23.3. The summed E-state index contributed by atoms with van der Waals surface area (Å²) in [6, 6.07) is 30.1. The number of anilines is 3. The molecule has 6 rings (SSSR count). The van der Waals surface area contributed by atoms with Gasteiger partial charge in [-0.15, -0.1) is 35.3 Å². The summed E-state index contributed by atoms with van der Waals surface area (Å²) in [6.07, 6.45) is -0.0572. The van der Waals surface area contributed by atoms with Crippen LogP contribution in [0, 0.1) is 32.5 Å². The average Bonchev–Trinajstić information content (AvgIpc) is 0.738. The highest BCUT2D eigenvalue weighted by Crippen LogP contribution is 2.57. The molecule has 0 radical (unpaired) electrons. The van der Waals surface area contributed by atoms with Gasteiger partial charge in [0.05, 0.1) is 51.6 Å². The molecule has 0 aliphatic rings. The number of nitrogens with zero attached hydrogens (tertiary/aromatic N) is 3. The van der Waals surface area contributed by atoms with E-state index in [0.29, 0.717) is 32.9 Å². The molecule has 0 spiro atoms. The molecule has 128 heavy (non-hydrogen) atoms. The number of benzene rings is 6. The Bertz CT molecular complexity index is 4980. The van der Waals surface area contributed by atoms with E-state index in [4.69, 9.17) is 29.0 Å². The highest BCUT2D eigenvalue weighted by molar-refractivity contribution is 8.00. The minimum absolute atomic E-state index is 0.0191. The molecule has 0 amide bonds. The number of sulfone groups is 3. The lowest BCUT2D eigenvalue weighted by molar-refractivity contribution is -0.0921. The van der Waals surface area contributed by atoms with Gasteiger partial charge in [0, 0.05) is 86.3 Å². The lowest BCUT2D eigenvalue weighted by Gasteiger charge is -2.60. The van der Waals surface area contributed by atoms with Gasteiger partial charge in [0.25, 0.3) is 29.5 Å². The number of nitrogens with two attached hydrogens (primary N) is 3. The summed E-state index contributed by atoms with van der Waals surface area (Å²) in [6.45, 7) is 32.6. The number of likely N-dealkylation sites (N-methyl/N-ethyl adjacent to an activating group) is 3. The van der Waals surface area contributed by atoms with Gasteiger partial charge in [0.2, 0.25) is 30.1 Å². The molecule has 0 heterocycles. The molecule has 6 aromatic carbocycles. The first-order valence-electron chi connectivity index (χ1n) is 40.4. The van der Waals surface area contributed by atoms with E-state index < -0.39 is 217 Å². The maximum absolute atomic E-state index is 16.4. The number of phosphoric acid groups is 1. The number of hydrogen-bond donors (Lipinski definition) is 6. The fraction of sp³-hybridized carbons (Fsp3) is 0.571. The first-order chi connectivity index (χ1) is 57.9. The number of thioether (sulfide) groups is 3. The van der Waals surface area contributed by atoms with Gasteiger partial charge in [-0.25, -0.2) is 70.5 Å². The van der Waals surface area contributed by atoms with E-state index in [0.717, 1.165) is 36.4 Å². The van der Waals surface area contributed by atoms with Crippen molar-refractivity contribution in [1.29, 1.82) is 0 Å². The highest BCUT2D eigenvalue weighted by atomic mass is 32.2. The number of halogens is 9. The van der Waals surface area contributed by atoms with Gasteiger partial charge in [-0.05, 0) is 164 Å². The van der Waals surface area contributed by atoms with E-state index >= 15 is 4.57 Å². The first-order valence-corrected chi connectivity index (χ1v) is 53.9. The van der Waals surface area contributed by atoms with E-state index in [2.05, 4.69) is 16.0 Å².